The summed E-state index contributed by atoms with van der Waals surface area (Å²) in [5.41, 5.74) is 2.97. The van der Waals surface area contributed by atoms with E-state index in [1.54, 1.807) is 13.2 Å². The maximum Gasteiger partial charge on any atom is 0.271 e. The van der Waals surface area contributed by atoms with Gasteiger partial charge in [-0.15, -0.1) is 0 Å². The van der Waals surface area contributed by atoms with Gasteiger partial charge in [0.25, 0.3) is 5.91 Å². The largest absolute Gasteiger partial charge is 0.354 e. The molecule has 0 saturated carbocycles. The van der Waals surface area contributed by atoms with Crippen LogP contribution in [0.15, 0.2) is 60.0 Å². The monoisotopic (exact) mass is 364 g/mol. The van der Waals surface area contributed by atoms with Crippen LogP contribution in [0.5, 0.6) is 0 Å². The molecule has 1 aliphatic rings. The SMILES string of the molecule is CN=C(NCCNC(=O)c1cnccn1)N1CC=C(c2ccccc2)CC1. The van der Waals surface area contributed by atoms with Gasteiger partial charge in [0.15, 0.2) is 5.96 Å². The van der Waals surface area contributed by atoms with Gasteiger partial charge < -0.3 is 15.5 Å². The molecule has 1 aromatic carbocycles. The van der Waals surface area contributed by atoms with Crippen molar-refractivity contribution in [1.29, 1.82) is 0 Å². The molecule has 7 heteroatoms. The lowest BCUT2D eigenvalue weighted by atomic mass is 10.00. The molecule has 140 valence electrons. The molecule has 2 aromatic rings. The van der Waals surface area contributed by atoms with Gasteiger partial charge in [-0.1, -0.05) is 36.4 Å². The first-order chi connectivity index (χ1) is 13.3. The third-order valence-corrected chi connectivity index (χ3v) is 4.35. The van der Waals surface area contributed by atoms with Gasteiger partial charge in [-0.3, -0.25) is 14.8 Å². The first-order valence-electron chi connectivity index (χ1n) is 9.02. The lowest BCUT2D eigenvalue weighted by molar-refractivity contribution is 0.0949. The molecule has 0 atom stereocenters. The second kappa shape index (κ2) is 9.47. The fraction of sp³-hybridized carbons (Fsp3) is 0.300. The minimum atomic E-state index is -0.228. The van der Waals surface area contributed by atoms with Crippen LogP contribution < -0.4 is 10.6 Å². The van der Waals surface area contributed by atoms with Crippen molar-refractivity contribution in [3.63, 3.8) is 0 Å². The normalized spacial score (nSPS) is 14.5. The summed E-state index contributed by atoms with van der Waals surface area (Å²) in [4.78, 5) is 26.4. The van der Waals surface area contributed by atoms with Gasteiger partial charge in [-0.25, -0.2) is 4.98 Å². The maximum absolute atomic E-state index is 11.9. The summed E-state index contributed by atoms with van der Waals surface area (Å²) in [5.74, 6) is 0.611. The average molecular weight is 364 g/mol. The van der Waals surface area contributed by atoms with Crippen molar-refractivity contribution in [2.24, 2.45) is 4.99 Å². The van der Waals surface area contributed by atoms with E-state index in [9.17, 15) is 4.79 Å². The van der Waals surface area contributed by atoms with E-state index < -0.39 is 0 Å². The highest BCUT2D eigenvalue weighted by Gasteiger charge is 2.16. The number of carbonyl (C=O) groups excluding carboxylic acids is 1. The molecule has 7 nitrogen and oxygen atoms in total. The van der Waals surface area contributed by atoms with Gasteiger partial charge in [0.1, 0.15) is 5.69 Å². The van der Waals surface area contributed by atoms with E-state index in [-0.39, 0.29) is 5.91 Å². The standard InChI is InChI=1S/C20H24N6O/c1-21-20(25-12-11-24-19(27)18-15-22-9-10-23-18)26-13-7-17(8-14-26)16-5-3-2-4-6-16/h2-7,9-10,15H,8,11-14H2,1H3,(H,21,25)(H,24,27). The van der Waals surface area contributed by atoms with Crippen LogP contribution in [0.1, 0.15) is 22.5 Å². The van der Waals surface area contributed by atoms with E-state index in [0.717, 1.165) is 25.5 Å². The number of benzene rings is 1. The Morgan fingerprint density at radius 3 is 2.67 bits per heavy atom. The van der Waals surface area contributed by atoms with Crippen LogP contribution in [-0.4, -0.2) is 60.0 Å². The average Bonchev–Trinajstić information content (AvgIpc) is 2.75. The van der Waals surface area contributed by atoms with Gasteiger partial charge in [-0.05, 0) is 17.6 Å². The molecular weight excluding hydrogens is 340 g/mol. The number of hydrogen-bond donors (Lipinski definition) is 2. The Balaban J connectivity index is 1.45. The van der Waals surface area contributed by atoms with Crippen LogP contribution in [0.4, 0.5) is 0 Å². The number of guanidine groups is 1. The minimum Gasteiger partial charge on any atom is -0.354 e. The summed E-state index contributed by atoms with van der Waals surface area (Å²) < 4.78 is 0. The molecule has 0 unspecified atom stereocenters. The Hall–Kier alpha value is -3.22. The second-order valence-electron chi connectivity index (χ2n) is 6.11. The molecule has 1 amide bonds. The van der Waals surface area contributed by atoms with Crippen LogP contribution in [0.3, 0.4) is 0 Å². The van der Waals surface area contributed by atoms with E-state index in [1.807, 2.05) is 6.07 Å². The Morgan fingerprint density at radius 1 is 1.19 bits per heavy atom. The van der Waals surface area contributed by atoms with Gasteiger partial charge >= 0.3 is 0 Å². The molecule has 0 fully saturated rings. The fourth-order valence-electron chi connectivity index (χ4n) is 2.97. The van der Waals surface area contributed by atoms with Crippen molar-refractivity contribution in [1.82, 2.24) is 25.5 Å². The third kappa shape index (κ3) is 5.13. The van der Waals surface area contributed by atoms with Crippen molar-refractivity contribution in [3.05, 3.63) is 66.3 Å². The molecule has 0 spiro atoms. The van der Waals surface area contributed by atoms with Crippen molar-refractivity contribution < 1.29 is 4.79 Å². The molecule has 0 saturated heterocycles. The number of amides is 1. The quantitative estimate of drug-likeness (QED) is 0.478. The molecule has 2 heterocycles. The minimum absolute atomic E-state index is 0.228. The van der Waals surface area contributed by atoms with Crippen molar-refractivity contribution in [3.8, 4) is 0 Å². The van der Waals surface area contributed by atoms with Gasteiger partial charge in [0.05, 0.1) is 6.20 Å². The van der Waals surface area contributed by atoms with Crippen LogP contribution in [-0.2, 0) is 0 Å². The number of aromatic nitrogens is 2. The van der Waals surface area contributed by atoms with E-state index in [1.165, 1.54) is 23.5 Å². The fourth-order valence-corrected chi connectivity index (χ4v) is 2.97. The molecule has 0 radical (unpaired) electrons. The van der Waals surface area contributed by atoms with Crippen LogP contribution >= 0.6 is 0 Å². The number of carbonyl (C=O) groups is 1. The predicted molar refractivity (Wildman–Crippen MR) is 106 cm³/mol. The van der Waals surface area contributed by atoms with Crippen molar-refractivity contribution >= 4 is 17.4 Å². The number of nitrogens with zero attached hydrogens (tertiary/aromatic N) is 4. The third-order valence-electron chi connectivity index (χ3n) is 4.35. The zero-order chi connectivity index (χ0) is 18.9. The second-order valence-corrected chi connectivity index (χ2v) is 6.11. The van der Waals surface area contributed by atoms with Gasteiger partial charge in [0.2, 0.25) is 0 Å². The number of hydrogen-bond acceptors (Lipinski definition) is 4. The molecule has 3 rings (SSSR count). The predicted octanol–water partition coefficient (Wildman–Crippen LogP) is 1.57. The zero-order valence-corrected chi connectivity index (χ0v) is 15.4. The number of aliphatic imine (C=N–C) groups is 1. The summed E-state index contributed by atoms with van der Waals surface area (Å²) >= 11 is 0. The van der Waals surface area contributed by atoms with E-state index in [2.05, 4.69) is 60.8 Å². The maximum atomic E-state index is 11.9. The molecule has 1 aromatic heterocycles. The van der Waals surface area contributed by atoms with Crippen LogP contribution in [0.2, 0.25) is 0 Å². The summed E-state index contributed by atoms with van der Waals surface area (Å²) in [7, 11) is 1.77. The highest BCUT2D eigenvalue weighted by Crippen LogP contribution is 2.21. The molecule has 27 heavy (non-hydrogen) atoms. The summed E-state index contributed by atoms with van der Waals surface area (Å²) in [6.07, 6.45) is 7.73. The van der Waals surface area contributed by atoms with E-state index in [0.29, 0.717) is 18.8 Å². The summed E-state index contributed by atoms with van der Waals surface area (Å²) in [6.45, 7) is 2.79. The summed E-state index contributed by atoms with van der Waals surface area (Å²) in [6, 6.07) is 10.5. The molecule has 1 aliphatic heterocycles. The highest BCUT2D eigenvalue weighted by molar-refractivity contribution is 5.91. The Bertz CT molecular complexity index is 804. The topological polar surface area (TPSA) is 82.5 Å². The Labute approximate surface area is 159 Å². The van der Waals surface area contributed by atoms with Gasteiger partial charge in [-0.2, -0.15) is 0 Å². The lowest BCUT2D eigenvalue weighted by Gasteiger charge is -2.29. The van der Waals surface area contributed by atoms with Crippen molar-refractivity contribution in [2.75, 3.05) is 33.2 Å². The number of nitrogens with one attached hydrogen (secondary N) is 2. The first-order valence-corrected chi connectivity index (χ1v) is 9.02. The first kappa shape index (κ1) is 18.6. The summed E-state index contributed by atoms with van der Waals surface area (Å²) in [5, 5.41) is 6.12. The van der Waals surface area contributed by atoms with E-state index >= 15 is 0 Å². The van der Waals surface area contributed by atoms with Crippen LogP contribution in [0, 0.1) is 0 Å². The van der Waals surface area contributed by atoms with Gasteiger partial charge in [0, 0.05) is 45.6 Å². The number of rotatable bonds is 5. The molecule has 0 bridgehead atoms. The Morgan fingerprint density at radius 2 is 2.00 bits per heavy atom. The van der Waals surface area contributed by atoms with Crippen molar-refractivity contribution in [2.45, 2.75) is 6.42 Å². The highest BCUT2D eigenvalue weighted by atomic mass is 16.1. The molecule has 0 aliphatic carbocycles. The Kier molecular flexibility index (Phi) is 6.51. The molecule has 2 N–H and O–H groups in total. The lowest BCUT2D eigenvalue weighted by Crippen LogP contribution is -2.45. The smallest absolute Gasteiger partial charge is 0.271 e. The zero-order valence-electron chi connectivity index (χ0n) is 15.4. The van der Waals surface area contributed by atoms with Crippen LogP contribution in [0.25, 0.3) is 5.57 Å². The van der Waals surface area contributed by atoms with E-state index in [4.69, 9.17) is 0 Å². The molecular formula is C20H24N6O.